The van der Waals surface area contributed by atoms with Crippen molar-refractivity contribution in [1.82, 2.24) is 0 Å². The molecule has 7 heteroatoms. The number of carbonyl (C=O) groups is 1. The summed E-state index contributed by atoms with van der Waals surface area (Å²) in [5.74, 6) is -1.37. The molecule has 0 amide bonds. The highest BCUT2D eigenvalue weighted by Crippen LogP contribution is 2.31. The second kappa shape index (κ2) is 6.70. The van der Waals surface area contributed by atoms with Crippen LogP contribution in [-0.4, -0.2) is 28.9 Å². The number of benzene rings is 1. The van der Waals surface area contributed by atoms with Crippen molar-refractivity contribution in [1.29, 1.82) is 0 Å². The van der Waals surface area contributed by atoms with Gasteiger partial charge in [0.1, 0.15) is 11.9 Å². The van der Waals surface area contributed by atoms with Crippen molar-refractivity contribution in [3.05, 3.63) is 28.5 Å². The van der Waals surface area contributed by atoms with E-state index in [4.69, 9.17) is 17.3 Å². The lowest BCUT2D eigenvalue weighted by molar-refractivity contribution is -0.147. The number of halogens is 2. The molecule has 0 spiro atoms. The fourth-order valence-electron chi connectivity index (χ4n) is 1.56. The molecule has 2 unspecified atom stereocenters. The van der Waals surface area contributed by atoms with Gasteiger partial charge in [0, 0.05) is 5.56 Å². The molecule has 0 aliphatic heterocycles. The molecule has 1 aromatic carbocycles. The maximum Gasteiger partial charge on any atom is 0.308 e. The van der Waals surface area contributed by atoms with Gasteiger partial charge in [-0.2, -0.15) is 0 Å². The van der Waals surface area contributed by atoms with Gasteiger partial charge in [-0.3, -0.25) is 4.79 Å². The molecule has 1 rings (SSSR count). The zero-order valence-electron chi connectivity index (χ0n) is 10.3. The number of aliphatic hydroxyl groups excluding tert-OH is 2. The predicted octanol–water partition coefficient (Wildman–Crippen LogP) is 1.41. The van der Waals surface area contributed by atoms with Gasteiger partial charge in [0.05, 0.1) is 29.8 Å². The molecule has 0 saturated carbocycles. The van der Waals surface area contributed by atoms with E-state index in [1.54, 1.807) is 6.92 Å². The van der Waals surface area contributed by atoms with Crippen LogP contribution in [0.4, 0.5) is 10.1 Å². The van der Waals surface area contributed by atoms with Gasteiger partial charge in [-0.05, 0) is 19.1 Å². The molecule has 0 aliphatic rings. The van der Waals surface area contributed by atoms with Crippen molar-refractivity contribution >= 4 is 23.3 Å². The lowest BCUT2D eigenvalue weighted by Crippen LogP contribution is -2.24. The smallest absolute Gasteiger partial charge is 0.308 e. The van der Waals surface area contributed by atoms with Crippen molar-refractivity contribution in [2.24, 2.45) is 0 Å². The van der Waals surface area contributed by atoms with Gasteiger partial charge in [0.25, 0.3) is 0 Å². The molecule has 0 fully saturated rings. The number of anilines is 1. The third kappa shape index (κ3) is 4.05. The SMILES string of the molecule is CCOC(=O)CC(O)C(O)c1cc(F)cc(Cl)c1N. The summed E-state index contributed by atoms with van der Waals surface area (Å²) in [4.78, 5) is 11.2. The van der Waals surface area contributed by atoms with Crippen LogP contribution in [-0.2, 0) is 9.53 Å². The molecule has 1 aromatic rings. The Bertz CT molecular complexity index is 469. The van der Waals surface area contributed by atoms with Crippen LogP contribution < -0.4 is 5.73 Å². The van der Waals surface area contributed by atoms with E-state index < -0.39 is 30.4 Å². The largest absolute Gasteiger partial charge is 0.466 e. The third-order valence-corrected chi connectivity index (χ3v) is 2.80. The second-order valence-corrected chi connectivity index (χ2v) is 4.32. The third-order valence-electron chi connectivity index (χ3n) is 2.49. The predicted molar refractivity (Wildman–Crippen MR) is 68.0 cm³/mol. The number of hydrogen-bond acceptors (Lipinski definition) is 5. The molecule has 2 atom stereocenters. The standard InChI is InChI=1S/C12H15ClFNO4/c1-2-19-10(17)5-9(16)12(18)7-3-6(14)4-8(13)11(7)15/h3-4,9,12,16,18H,2,5,15H2,1H3. The van der Waals surface area contributed by atoms with Crippen LogP contribution in [0.3, 0.4) is 0 Å². The van der Waals surface area contributed by atoms with E-state index in [9.17, 15) is 19.4 Å². The minimum Gasteiger partial charge on any atom is -0.466 e. The molecule has 19 heavy (non-hydrogen) atoms. The van der Waals surface area contributed by atoms with Crippen LogP contribution in [0, 0.1) is 5.82 Å². The number of esters is 1. The number of ether oxygens (including phenoxy) is 1. The number of nitrogens with two attached hydrogens (primary N) is 1. The fraction of sp³-hybridized carbons (Fsp3) is 0.417. The molecular weight excluding hydrogens is 277 g/mol. The summed E-state index contributed by atoms with van der Waals surface area (Å²) in [6.07, 6.45) is -3.42. The van der Waals surface area contributed by atoms with Crippen molar-refractivity contribution < 1.29 is 24.1 Å². The minimum absolute atomic E-state index is 0.0431. The van der Waals surface area contributed by atoms with Crippen LogP contribution in [0.25, 0.3) is 0 Å². The van der Waals surface area contributed by atoms with E-state index in [0.29, 0.717) is 0 Å². The van der Waals surface area contributed by atoms with E-state index >= 15 is 0 Å². The lowest BCUT2D eigenvalue weighted by Gasteiger charge is -2.19. The monoisotopic (exact) mass is 291 g/mol. The molecule has 106 valence electrons. The first-order chi connectivity index (χ1) is 8.86. The van der Waals surface area contributed by atoms with Gasteiger partial charge in [0.15, 0.2) is 0 Å². The normalized spacial score (nSPS) is 13.9. The molecular formula is C12H15ClFNO4. The lowest BCUT2D eigenvalue weighted by atomic mass is 10.0. The van der Waals surface area contributed by atoms with E-state index in [1.807, 2.05) is 0 Å². The summed E-state index contributed by atoms with van der Waals surface area (Å²) in [5.41, 5.74) is 5.48. The highest BCUT2D eigenvalue weighted by Gasteiger charge is 2.25. The summed E-state index contributed by atoms with van der Waals surface area (Å²) in [7, 11) is 0. The molecule has 4 N–H and O–H groups in total. The maximum atomic E-state index is 13.2. The number of aliphatic hydroxyl groups is 2. The summed E-state index contributed by atoms with van der Waals surface area (Å²) < 4.78 is 17.8. The Kier molecular flexibility index (Phi) is 5.53. The van der Waals surface area contributed by atoms with Gasteiger partial charge in [-0.1, -0.05) is 11.6 Å². The van der Waals surface area contributed by atoms with Crippen molar-refractivity contribution in [3.8, 4) is 0 Å². The van der Waals surface area contributed by atoms with Crippen molar-refractivity contribution in [3.63, 3.8) is 0 Å². The zero-order valence-corrected chi connectivity index (χ0v) is 11.0. The molecule has 0 saturated heterocycles. The highest BCUT2D eigenvalue weighted by atomic mass is 35.5. The molecule has 0 bridgehead atoms. The van der Waals surface area contributed by atoms with E-state index in [2.05, 4.69) is 4.74 Å². The Morgan fingerprint density at radius 2 is 2.16 bits per heavy atom. The first-order valence-corrected chi connectivity index (χ1v) is 6.00. The summed E-state index contributed by atoms with van der Waals surface area (Å²) in [5, 5.41) is 19.5. The number of carbonyl (C=O) groups excluding carboxylic acids is 1. The summed E-state index contributed by atoms with van der Waals surface area (Å²) in [6, 6.07) is 1.95. The van der Waals surface area contributed by atoms with Crippen LogP contribution in [0.15, 0.2) is 12.1 Å². The van der Waals surface area contributed by atoms with Gasteiger partial charge < -0.3 is 20.7 Å². The van der Waals surface area contributed by atoms with E-state index in [-0.39, 0.29) is 22.9 Å². The van der Waals surface area contributed by atoms with Crippen LogP contribution >= 0.6 is 11.6 Å². The average Bonchev–Trinajstić information content (AvgIpc) is 2.33. The van der Waals surface area contributed by atoms with Crippen LogP contribution in [0.1, 0.15) is 25.0 Å². The van der Waals surface area contributed by atoms with Crippen LogP contribution in [0.5, 0.6) is 0 Å². The molecule has 0 aliphatic carbocycles. The Balaban J connectivity index is 2.88. The van der Waals surface area contributed by atoms with Gasteiger partial charge in [0.2, 0.25) is 0 Å². The van der Waals surface area contributed by atoms with Crippen LogP contribution in [0.2, 0.25) is 5.02 Å². The number of rotatable bonds is 5. The molecule has 5 nitrogen and oxygen atoms in total. The fourth-order valence-corrected chi connectivity index (χ4v) is 1.77. The van der Waals surface area contributed by atoms with E-state index in [1.165, 1.54) is 0 Å². The zero-order chi connectivity index (χ0) is 14.6. The average molecular weight is 292 g/mol. The minimum atomic E-state index is -1.53. The first-order valence-electron chi connectivity index (χ1n) is 5.63. The Hall–Kier alpha value is -1.37. The van der Waals surface area contributed by atoms with Gasteiger partial charge >= 0.3 is 5.97 Å². The van der Waals surface area contributed by atoms with Crippen molar-refractivity contribution in [2.45, 2.75) is 25.6 Å². The van der Waals surface area contributed by atoms with Crippen molar-refractivity contribution in [2.75, 3.05) is 12.3 Å². The summed E-state index contributed by atoms with van der Waals surface area (Å²) >= 11 is 5.67. The first kappa shape index (κ1) is 15.7. The van der Waals surface area contributed by atoms with Gasteiger partial charge in [-0.15, -0.1) is 0 Å². The maximum absolute atomic E-state index is 13.2. The Morgan fingerprint density at radius 1 is 1.53 bits per heavy atom. The van der Waals surface area contributed by atoms with Gasteiger partial charge in [-0.25, -0.2) is 4.39 Å². The molecule has 0 heterocycles. The van der Waals surface area contributed by atoms with E-state index in [0.717, 1.165) is 12.1 Å². The Morgan fingerprint density at radius 3 is 2.74 bits per heavy atom. The molecule has 0 aromatic heterocycles. The quantitative estimate of drug-likeness (QED) is 0.563. The summed E-state index contributed by atoms with van der Waals surface area (Å²) in [6.45, 7) is 1.78. The topological polar surface area (TPSA) is 92.8 Å². The Labute approximate surface area is 114 Å². The highest BCUT2D eigenvalue weighted by molar-refractivity contribution is 6.33. The number of nitrogen functional groups attached to an aromatic ring is 1. The second-order valence-electron chi connectivity index (χ2n) is 3.91. The number of hydrogen-bond donors (Lipinski definition) is 3. The molecule has 0 radical (unpaired) electrons.